The van der Waals surface area contributed by atoms with E-state index in [0.29, 0.717) is 51.9 Å². The van der Waals surface area contributed by atoms with Crippen molar-refractivity contribution >= 4 is 42.6 Å². The van der Waals surface area contributed by atoms with Crippen LogP contribution >= 0.6 is 0 Å². The Morgan fingerprint density at radius 1 is 1.05 bits per heavy atom. The average Bonchev–Trinajstić information content (AvgIpc) is 3.34. The summed E-state index contributed by atoms with van der Waals surface area (Å²) in [5, 5.41) is 3.16. The van der Waals surface area contributed by atoms with Crippen LogP contribution in [0, 0.1) is 12.7 Å². The van der Waals surface area contributed by atoms with Gasteiger partial charge in [-0.3, -0.25) is 9.10 Å². The lowest BCUT2D eigenvalue weighted by Crippen LogP contribution is -2.39. The first-order valence-corrected chi connectivity index (χ1v) is 16.7. The molecule has 1 aliphatic rings. The number of furan rings is 1. The molecule has 1 amide bonds. The highest BCUT2D eigenvalue weighted by atomic mass is 32.2. The maximum Gasteiger partial charge on any atom is 0.255 e. The van der Waals surface area contributed by atoms with Gasteiger partial charge in [0, 0.05) is 44.2 Å². The molecule has 1 aromatic heterocycles. The number of halogens is 1. The maximum atomic E-state index is 13.5. The molecule has 0 unspecified atom stereocenters. The lowest BCUT2D eigenvalue weighted by molar-refractivity contribution is 0.0964. The first kappa shape index (κ1) is 29.7. The molecule has 0 saturated carbocycles. The number of rotatable bonds is 7. The Morgan fingerprint density at radius 3 is 2.33 bits per heavy atom. The molecule has 5 rings (SSSR count). The molecule has 1 aliphatic heterocycles. The molecule has 0 aliphatic carbocycles. The lowest BCUT2D eigenvalue weighted by atomic mass is 9.89. The molecule has 42 heavy (non-hydrogen) atoms. The molecule has 2 heterocycles. The molecule has 0 radical (unpaired) electrons. The maximum absolute atomic E-state index is 13.5. The van der Waals surface area contributed by atoms with Gasteiger partial charge < -0.3 is 9.73 Å². The van der Waals surface area contributed by atoms with Crippen LogP contribution in [-0.2, 0) is 20.0 Å². The third-order valence-electron chi connectivity index (χ3n) is 7.72. The number of hydrogen-bond acceptors (Lipinski definition) is 6. The van der Waals surface area contributed by atoms with Crippen LogP contribution in [0.1, 0.15) is 40.2 Å². The van der Waals surface area contributed by atoms with Gasteiger partial charge in [-0.1, -0.05) is 29.8 Å². The molecule has 222 valence electrons. The zero-order chi connectivity index (χ0) is 30.4. The fourth-order valence-corrected chi connectivity index (χ4v) is 7.40. The van der Waals surface area contributed by atoms with Gasteiger partial charge in [-0.25, -0.2) is 21.2 Å². The zero-order valence-corrected chi connectivity index (χ0v) is 25.4. The van der Waals surface area contributed by atoms with Crippen molar-refractivity contribution in [3.63, 3.8) is 0 Å². The quantitative estimate of drug-likeness (QED) is 0.318. The number of hydrogen-bond donors (Lipinski definition) is 1. The summed E-state index contributed by atoms with van der Waals surface area (Å²) in [4.78, 5) is 13.2. The molecular weight excluding hydrogens is 581 g/mol. The van der Waals surface area contributed by atoms with Crippen LogP contribution in [0.5, 0.6) is 0 Å². The second kappa shape index (κ2) is 11.2. The smallest absolute Gasteiger partial charge is 0.255 e. The van der Waals surface area contributed by atoms with Crippen molar-refractivity contribution in [2.45, 2.75) is 30.6 Å². The van der Waals surface area contributed by atoms with Gasteiger partial charge in [-0.15, -0.1) is 0 Å². The lowest BCUT2D eigenvalue weighted by Gasteiger charge is -2.34. The van der Waals surface area contributed by atoms with E-state index in [2.05, 4.69) is 5.32 Å². The van der Waals surface area contributed by atoms with Crippen LogP contribution in [0.25, 0.3) is 22.3 Å². The Kier molecular flexibility index (Phi) is 7.90. The second-order valence-corrected chi connectivity index (χ2v) is 14.5. The van der Waals surface area contributed by atoms with E-state index in [1.807, 2.05) is 31.2 Å². The second-order valence-electron chi connectivity index (χ2n) is 10.5. The first-order valence-electron chi connectivity index (χ1n) is 13.4. The number of benzene rings is 3. The van der Waals surface area contributed by atoms with E-state index in [1.165, 1.54) is 30.5 Å². The van der Waals surface area contributed by atoms with Crippen molar-refractivity contribution in [3.05, 3.63) is 83.2 Å². The number of fused-ring (bicyclic) bond motifs is 1. The zero-order valence-electron chi connectivity index (χ0n) is 23.7. The normalized spacial score (nSPS) is 16.5. The van der Waals surface area contributed by atoms with E-state index in [9.17, 15) is 26.0 Å². The summed E-state index contributed by atoms with van der Waals surface area (Å²) in [6, 6.07) is 15.5. The summed E-state index contributed by atoms with van der Waals surface area (Å²) in [5.41, 5.74) is 3.26. The number of nitrogens with one attached hydrogen (secondary N) is 1. The summed E-state index contributed by atoms with van der Waals surface area (Å²) < 4.78 is 74.5. The molecule has 9 nitrogen and oxygen atoms in total. The number of aryl methyl sites for hydroxylation is 1. The van der Waals surface area contributed by atoms with Gasteiger partial charge in [0.2, 0.25) is 20.0 Å². The van der Waals surface area contributed by atoms with Gasteiger partial charge in [0.15, 0.2) is 0 Å². The molecule has 1 saturated heterocycles. The Bertz CT molecular complexity index is 1870. The van der Waals surface area contributed by atoms with Crippen molar-refractivity contribution in [1.29, 1.82) is 0 Å². The van der Waals surface area contributed by atoms with Crippen molar-refractivity contribution in [1.82, 2.24) is 9.62 Å². The molecule has 0 bridgehead atoms. The third kappa shape index (κ3) is 5.53. The van der Waals surface area contributed by atoms with Gasteiger partial charge in [0.1, 0.15) is 17.2 Å². The number of piperidine rings is 1. The highest BCUT2D eigenvalue weighted by Gasteiger charge is 2.34. The molecule has 12 heteroatoms. The predicted octanol–water partition coefficient (Wildman–Crippen LogP) is 4.87. The Labute approximate surface area is 245 Å². The standard InChI is InChI=1S/C30H32FN3O6S2/c1-19-7-9-20(10-8-19)29-28(30(35)32-2)25-16-24(26(17-27(25)40-29)33(3)41(4,36)37)21-6-5-15-34(18-21)42(38,39)23-13-11-22(31)12-14-23/h7-14,16-17,21H,5-6,15,18H2,1-4H3,(H,32,35)/t21-/m0/s1. The van der Waals surface area contributed by atoms with E-state index < -0.39 is 31.8 Å². The van der Waals surface area contributed by atoms with E-state index in [4.69, 9.17) is 4.42 Å². The molecule has 1 N–H and O–H groups in total. The minimum atomic E-state index is -3.93. The van der Waals surface area contributed by atoms with Gasteiger partial charge in [-0.2, -0.15) is 4.31 Å². The fourth-order valence-electron chi connectivity index (χ4n) is 5.36. The topological polar surface area (TPSA) is 117 Å². The van der Waals surface area contributed by atoms with E-state index >= 15 is 0 Å². The van der Waals surface area contributed by atoms with E-state index in [1.54, 1.807) is 12.1 Å². The molecule has 1 fully saturated rings. The molecule has 0 spiro atoms. The van der Waals surface area contributed by atoms with Crippen LogP contribution in [0.3, 0.4) is 0 Å². The molecule has 1 atom stereocenters. The molecule has 4 aromatic rings. The van der Waals surface area contributed by atoms with Crippen molar-refractivity contribution in [2.24, 2.45) is 0 Å². The van der Waals surface area contributed by atoms with Gasteiger partial charge >= 0.3 is 0 Å². The Balaban J connectivity index is 1.68. The minimum absolute atomic E-state index is 0.0204. The fraction of sp³-hybridized carbons (Fsp3) is 0.300. The van der Waals surface area contributed by atoms with Crippen LogP contribution in [0.2, 0.25) is 0 Å². The van der Waals surface area contributed by atoms with E-state index in [0.717, 1.165) is 28.3 Å². The molecule has 3 aromatic carbocycles. The summed E-state index contributed by atoms with van der Waals surface area (Å²) in [5.74, 6) is -0.959. The highest BCUT2D eigenvalue weighted by molar-refractivity contribution is 7.92. The Morgan fingerprint density at radius 2 is 1.71 bits per heavy atom. The number of carbonyl (C=O) groups is 1. The highest BCUT2D eigenvalue weighted by Crippen LogP contribution is 2.42. The van der Waals surface area contributed by atoms with Crippen LogP contribution in [0.4, 0.5) is 10.1 Å². The summed E-state index contributed by atoms with van der Waals surface area (Å²) in [7, 11) is -4.69. The number of anilines is 1. The summed E-state index contributed by atoms with van der Waals surface area (Å²) in [6.07, 6.45) is 2.19. The number of amides is 1. The summed E-state index contributed by atoms with van der Waals surface area (Å²) in [6.45, 7) is 2.29. The third-order valence-corrected chi connectivity index (χ3v) is 10.8. The predicted molar refractivity (Wildman–Crippen MR) is 160 cm³/mol. The number of sulfonamides is 2. The number of carbonyl (C=O) groups excluding carboxylic acids is 1. The number of nitrogens with zero attached hydrogens (tertiary/aromatic N) is 2. The largest absolute Gasteiger partial charge is 0.455 e. The monoisotopic (exact) mass is 613 g/mol. The average molecular weight is 614 g/mol. The minimum Gasteiger partial charge on any atom is -0.455 e. The van der Waals surface area contributed by atoms with Gasteiger partial charge in [0.05, 0.1) is 22.4 Å². The SMILES string of the molecule is CNC(=O)c1c(-c2ccc(C)cc2)oc2cc(N(C)S(C)(=O)=O)c([C@H]3CCCN(S(=O)(=O)c4ccc(F)cc4)C3)cc12. The van der Waals surface area contributed by atoms with Crippen molar-refractivity contribution in [2.75, 3.05) is 37.7 Å². The van der Waals surface area contributed by atoms with Gasteiger partial charge in [0.25, 0.3) is 5.91 Å². The van der Waals surface area contributed by atoms with Gasteiger partial charge in [-0.05, 0) is 61.6 Å². The Hall–Kier alpha value is -3.74. The summed E-state index contributed by atoms with van der Waals surface area (Å²) >= 11 is 0. The van der Waals surface area contributed by atoms with Crippen LogP contribution in [0.15, 0.2) is 70.0 Å². The van der Waals surface area contributed by atoms with Crippen molar-refractivity contribution < 1.29 is 30.4 Å². The molecular formula is C30H32FN3O6S2. The van der Waals surface area contributed by atoms with Crippen LogP contribution < -0.4 is 9.62 Å². The van der Waals surface area contributed by atoms with Crippen LogP contribution in [-0.4, -0.2) is 60.5 Å². The van der Waals surface area contributed by atoms with E-state index in [-0.39, 0.29) is 23.9 Å². The first-order chi connectivity index (χ1) is 19.8. The van der Waals surface area contributed by atoms with Crippen molar-refractivity contribution in [3.8, 4) is 11.3 Å².